The van der Waals surface area contributed by atoms with Crippen molar-refractivity contribution < 1.29 is 10.2 Å². The van der Waals surface area contributed by atoms with Gasteiger partial charge in [-0.1, -0.05) is 32.6 Å². The van der Waals surface area contributed by atoms with Gasteiger partial charge in [-0.15, -0.1) is 0 Å². The zero-order valence-electron chi connectivity index (χ0n) is 7.55. The fraction of sp³-hybridized carbons (Fsp3) is 0.778. The third kappa shape index (κ3) is 4.83. The number of aliphatic hydroxyl groups excluding tert-OH is 2. The lowest BCUT2D eigenvalue weighted by atomic mass is 9.89. The van der Waals surface area contributed by atoms with E-state index in [9.17, 15) is 5.11 Å². The smallest absolute Gasteiger partial charge is 0.119 e. The van der Waals surface area contributed by atoms with Gasteiger partial charge in [0.2, 0.25) is 0 Å². The maximum atomic E-state index is 9.35. The molecule has 11 heavy (non-hydrogen) atoms. The standard InChI is InChI=1S/C9H16O2/c1-7(10)5-6-8(11)9(2,3)4/h7-8,10-11H,1-4H3. The lowest BCUT2D eigenvalue weighted by Crippen LogP contribution is -2.24. The van der Waals surface area contributed by atoms with E-state index in [1.54, 1.807) is 6.92 Å². The Labute approximate surface area is 68.2 Å². The van der Waals surface area contributed by atoms with E-state index in [1.807, 2.05) is 20.8 Å². The first-order chi connectivity index (χ1) is 4.84. The molecule has 0 aliphatic carbocycles. The van der Waals surface area contributed by atoms with Crippen LogP contribution in [0.25, 0.3) is 0 Å². The van der Waals surface area contributed by atoms with E-state index in [0.717, 1.165) is 0 Å². The molecule has 0 saturated heterocycles. The second-order valence-electron chi connectivity index (χ2n) is 3.73. The van der Waals surface area contributed by atoms with Crippen molar-refractivity contribution in [3.63, 3.8) is 0 Å². The lowest BCUT2D eigenvalue weighted by Gasteiger charge is -2.20. The summed E-state index contributed by atoms with van der Waals surface area (Å²) in [6, 6.07) is 0. The molecule has 0 aromatic rings. The van der Waals surface area contributed by atoms with E-state index in [0.29, 0.717) is 0 Å². The van der Waals surface area contributed by atoms with Gasteiger partial charge in [0.15, 0.2) is 0 Å². The molecule has 0 amide bonds. The van der Waals surface area contributed by atoms with Crippen LogP contribution in [0.3, 0.4) is 0 Å². The highest BCUT2D eigenvalue weighted by Crippen LogP contribution is 2.17. The van der Waals surface area contributed by atoms with Crippen molar-refractivity contribution in [3.05, 3.63) is 0 Å². The summed E-state index contributed by atoms with van der Waals surface area (Å²) in [4.78, 5) is 0. The van der Waals surface area contributed by atoms with Crippen LogP contribution in [-0.4, -0.2) is 22.4 Å². The third-order valence-electron chi connectivity index (χ3n) is 1.25. The minimum atomic E-state index is -0.669. The summed E-state index contributed by atoms with van der Waals surface area (Å²) < 4.78 is 0. The van der Waals surface area contributed by atoms with Crippen molar-refractivity contribution in [2.24, 2.45) is 5.41 Å². The molecular formula is C9H16O2. The Bertz CT molecular complexity index is 166. The topological polar surface area (TPSA) is 40.5 Å². The molecule has 0 aromatic carbocycles. The summed E-state index contributed by atoms with van der Waals surface area (Å²) in [5.41, 5.74) is -0.234. The van der Waals surface area contributed by atoms with Crippen LogP contribution in [0.4, 0.5) is 0 Å². The molecule has 0 spiro atoms. The van der Waals surface area contributed by atoms with E-state index in [1.165, 1.54) is 0 Å². The fourth-order valence-electron chi connectivity index (χ4n) is 0.416. The van der Waals surface area contributed by atoms with Crippen molar-refractivity contribution in [3.8, 4) is 11.8 Å². The highest BCUT2D eigenvalue weighted by Gasteiger charge is 2.19. The van der Waals surface area contributed by atoms with Gasteiger partial charge < -0.3 is 10.2 Å². The second-order valence-corrected chi connectivity index (χ2v) is 3.73. The Hall–Kier alpha value is -0.520. The van der Waals surface area contributed by atoms with Gasteiger partial charge in [0, 0.05) is 0 Å². The number of hydrogen-bond donors (Lipinski definition) is 2. The average molecular weight is 156 g/mol. The molecule has 0 heterocycles. The third-order valence-corrected chi connectivity index (χ3v) is 1.25. The summed E-state index contributed by atoms with van der Waals surface area (Å²) in [6.45, 7) is 7.26. The fourth-order valence-corrected chi connectivity index (χ4v) is 0.416. The Kier molecular flexibility index (Phi) is 3.57. The minimum Gasteiger partial charge on any atom is -0.381 e. The molecule has 0 aliphatic heterocycles. The van der Waals surface area contributed by atoms with Crippen LogP contribution in [0.15, 0.2) is 0 Å². The summed E-state index contributed by atoms with van der Waals surface area (Å²) in [5, 5.41) is 18.1. The molecule has 0 fully saturated rings. The van der Waals surface area contributed by atoms with E-state index in [4.69, 9.17) is 5.11 Å². The van der Waals surface area contributed by atoms with Gasteiger partial charge in [0.1, 0.15) is 12.2 Å². The first-order valence-electron chi connectivity index (χ1n) is 3.71. The molecule has 0 radical (unpaired) electrons. The Morgan fingerprint density at radius 1 is 1.09 bits per heavy atom. The van der Waals surface area contributed by atoms with Gasteiger partial charge in [0.05, 0.1) is 0 Å². The van der Waals surface area contributed by atoms with Gasteiger partial charge in [-0.3, -0.25) is 0 Å². The van der Waals surface area contributed by atoms with Crippen LogP contribution in [0.2, 0.25) is 0 Å². The van der Waals surface area contributed by atoms with E-state index < -0.39 is 12.2 Å². The zero-order valence-corrected chi connectivity index (χ0v) is 7.55. The quantitative estimate of drug-likeness (QED) is 0.509. The van der Waals surface area contributed by atoms with Crippen molar-refractivity contribution in [2.45, 2.75) is 39.9 Å². The largest absolute Gasteiger partial charge is 0.381 e. The summed E-state index contributed by atoms with van der Waals surface area (Å²) >= 11 is 0. The van der Waals surface area contributed by atoms with Gasteiger partial charge in [-0.2, -0.15) is 0 Å². The predicted molar refractivity (Wildman–Crippen MR) is 44.9 cm³/mol. The first-order valence-corrected chi connectivity index (χ1v) is 3.71. The minimum absolute atomic E-state index is 0.234. The van der Waals surface area contributed by atoms with Gasteiger partial charge in [-0.05, 0) is 12.3 Å². The van der Waals surface area contributed by atoms with Crippen molar-refractivity contribution in [1.82, 2.24) is 0 Å². The monoisotopic (exact) mass is 156 g/mol. The van der Waals surface area contributed by atoms with Crippen LogP contribution in [0.1, 0.15) is 27.7 Å². The number of rotatable bonds is 0. The first kappa shape index (κ1) is 10.5. The molecule has 64 valence electrons. The Balaban J connectivity index is 4.10. The molecular weight excluding hydrogens is 140 g/mol. The van der Waals surface area contributed by atoms with Crippen molar-refractivity contribution >= 4 is 0 Å². The summed E-state index contributed by atoms with van der Waals surface area (Å²) in [7, 11) is 0. The van der Waals surface area contributed by atoms with E-state index >= 15 is 0 Å². The van der Waals surface area contributed by atoms with Gasteiger partial charge in [0.25, 0.3) is 0 Å². The highest BCUT2D eigenvalue weighted by atomic mass is 16.3. The van der Waals surface area contributed by atoms with E-state index in [2.05, 4.69) is 11.8 Å². The van der Waals surface area contributed by atoms with Crippen molar-refractivity contribution in [1.29, 1.82) is 0 Å². The molecule has 0 aromatic heterocycles. The van der Waals surface area contributed by atoms with Crippen molar-refractivity contribution in [2.75, 3.05) is 0 Å². The van der Waals surface area contributed by atoms with Crippen LogP contribution in [0.5, 0.6) is 0 Å². The predicted octanol–water partition coefficient (Wildman–Crippen LogP) is 0.778. The van der Waals surface area contributed by atoms with Gasteiger partial charge in [-0.25, -0.2) is 0 Å². The molecule has 0 rings (SSSR count). The molecule has 0 aliphatic rings. The van der Waals surface area contributed by atoms with Gasteiger partial charge >= 0.3 is 0 Å². The molecule has 2 heteroatoms. The molecule has 0 bridgehead atoms. The zero-order chi connectivity index (χ0) is 9.07. The van der Waals surface area contributed by atoms with Crippen LogP contribution >= 0.6 is 0 Å². The maximum Gasteiger partial charge on any atom is 0.119 e. The molecule has 2 atom stereocenters. The normalized spacial score (nSPS) is 16.5. The molecule has 2 nitrogen and oxygen atoms in total. The van der Waals surface area contributed by atoms with Crippen LogP contribution in [0, 0.1) is 17.3 Å². The van der Waals surface area contributed by atoms with E-state index in [-0.39, 0.29) is 5.41 Å². The summed E-state index contributed by atoms with van der Waals surface area (Å²) in [6.07, 6.45) is -1.33. The molecule has 0 saturated carbocycles. The van der Waals surface area contributed by atoms with Crippen LogP contribution < -0.4 is 0 Å². The molecule has 2 unspecified atom stereocenters. The van der Waals surface area contributed by atoms with Crippen LogP contribution in [-0.2, 0) is 0 Å². The summed E-state index contributed by atoms with van der Waals surface area (Å²) in [5.74, 6) is 5.08. The Morgan fingerprint density at radius 2 is 1.55 bits per heavy atom. The number of aliphatic hydroxyl groups is 2. The maximum absolute atomic E-state index is 9.35. The number of hydrogen-bond acceptors (Lipinski definition) is 2. The SMILES string of the molecule is CC(O)C#CC(O)C(C)(C)C. The lowest BCUT2D eigenvalue weighted by molar-refractivity contribution is 0.113. The average Bonchev–Trinajstić information content (AvgIpc) is 1.80. The molecule has 2 N–H and O–H groups in total. The second kappa shape index (κ2) is 3.75. The highest BCUT2D eigenvalue weighted by molar-refractivity contribution is 5.10. The Morgan fingerprint density at radius 3 is 1.82 bits per heavy atom.